The van der Waals surface area contributed by atoms with E-state index in [1.54, 1.807) is 24.9 Å². The zero-order chi connectivity index (χ0) is 23.3. The molecule has 8 nitrogen and oxygen atoms in total. The van der Waals surface area contributed by atoms with Crippen LogP contribution in [0.3, 0.4) is 0 Å². The highest BCUT2D eigenvalue weighted by Gasteiger charge is 2.21. The van der Waals surface area contributed by atoms with Crippen molar-refractivity contribution in [3.8, 4) is 11.8 Å². The minimum atomic E-state index is -1.32. The maximum atomic E-state index is 13.0. The van der Waals surface area contributed by atoms with Gasteiger partial charge in [0, 0.05) is 33.1 Å². The molecule has 0 saturated heterocycles. The van der Waals surface area contributed by atoms with Crippen molar-refractivity contribution in [3.05, 3.63) is 63.1 Å². The fraction of sp³-hybridized carbons (Fsp3) is 0.458. The molecule has 1 N–H and O–H groups in total. The summed E-state index contributed by atoms with van der Waals surface area (Å²) in [5.41, 5.74) is -0.191. The Morgan fingerprint density at radius 2 is 1.91 bits per heavy atom. The Bertz CT molecular complexity index is 1240. The van der Waals surface area contributed by atoms with Crippen LogP contribution in [0.4, 0.5) is 0 Å². The zero-order valence-electron chi connectivity index (χ0n) is 19.2. The van der Waals surface area contributed by atoms with Gasteiger partial charge < -0.3 is 9.67 Å². The smallest absolute Gasteiger partial charge is 0.332 e. The number of imidazole rings is 1. The Hall–Kier alpha value is -3.15. The first-order chi connectivity index (χ1) is 15.2. The Morgan fingerprint density at radius 1 is 1.19 bits per heavy atom. The van der Waals surface area contributed by atoms with E-state index in [-0.39, 0.29) is 18.5 Å². The minimum Gasteiger partial charge on any atom is -0.378 e. The summed E-state index contributed by atoms with van der Waals surface area (Å²) < 4.78 is 4.31. The molecule has 3 rings (SSSR count). The van der Waals surface area contributed by atoms with Crippen molar-refractivity contribution in [1.29, 1.82) is 0 Å². The molecule has 2 heterocycles. The fourth-order valence-corrected chi connectivity index (χ4v) is 3.64. The molecule has 0 aliphatic rings. The van der Waals surface area contributed by atoms with Crippen LogP contribution in [0.25, 0.3) is 11.2 Å². The van der Waals surface area contributed by atoms with Crippen LogP contribution in [-0.2, 0) is 26.7 Å². The molecule has 32 heavy (non-hydrogen) atoms. The predicted molar refractivity (Wildman–Crippen MR) is 125 cm³/mol. The van der Waals surface area contributed by atoms with Gasteiger partial charge in [-0.05, 0) is 26.0 Å². The number of hydrogen-bond acceptors (Lipinski definition) is 5. The monoisotopic (exact) mass is 437 g/mol. The van der Waals surface area contributed by atoms with Gasteiger partial charge >= 0.3 is 5.69 Å². The Balaban J connectivity index is 1.72. The second-order valence-electron chi connectivity index (χ2n) is 8.39. The second-order valence-corrected chi connectivity index (χ2v) is 8.39. The van der Waals surface area contributed by atoms with Crippen molar-refractivity contribution >= 4 is 11.2 Å². The molecule has 1 unspecified atom stereocenters. The van der Waals surface area contributed by atoms with Gasteiger partial charge in [0.15, 0.2) is 11.2 Å². The van der Waals surface area contributed by atoms with Gasteiger partial charge in [0.1, 0.15) is 5.60 Å². The molecule has 1 atom stereocenters. The highest BCUT2D eigenvalue weighted by atomic mass is 16.3. The summed E-state index contributed by atoms with van der Waals surface area (Å²) in [5, 5.41) is 10.7. The minimum absolute atomic E-state index is 0.0697. The largest absolute Gasteiger partial charge is 0.378 e. The van der Waals surface area contributed by atoms with Crippen molar-refractivity contribution in [1.82, 2.24) is 23.6 Å². The number of aliphatic hydroxyl groups is 1. The van der Waals surface area contributed by atoms with Crippen molar-refractivity contribution in [2.24, 2.45) is 7.05 Å². The van der Waals surface area contributed by atoms with Crippen LogP contribution in [0.15, 0.2) is 46.2 Å². The van der Waals surface area contributed by atoms with E-state index in [9.17, 15) is 14.7 Å². The third-order valence-corrected chi connectivity index (χ3v) is 5.39. The first kappa shape index (κ1) is 23.5. The van der Waals surface area contributed by atoms with Crippen molar-refractivity contribution in [2.45, 2.75) is 51.9 Å². The number of aromatic nitrogens is 4. The van der Waals surface area contributed by atoms with E-state index >= 15 is 0 Å². The van der Waals surface area contributed by atoms with Gasteiger partial charge in [0.2, 0.25) is 0 Å². The number of nitrogens with zero attached hydrogens (tertiary/aromatic N) is 5. The highest BCUT2D eigenvalue weighted by Crippen LogP contribution is 2.10. The summed E-state index contributed by atoms with van der Waals surface area (Å²) in [6.07, 6.45) is 2.59. The molecule has 2 aromatic heterocycles. The third kappa shape index (κ3) is 5.36. The van der Waals surface area contributed by atoms with Crippen LogP contribution < -0.4 is 11.2 Å². The van der Waals surface area contributed by atoms with E-state index in [4.69, 9.17) is 0 Å². The average Bonchev–Trinajstić information content (AvgIpc) is 3.17. The molecule has 0 bridgehead atoms. The highest BCUT2D eigenvalue weighted by molar-refractivity contribution is 5.69. The van der Waals surface area contributed by atoms with Gasteiger partial charge in [0.05, 0.1) is 12.9 Å². The number of aryl methyl sites for hydroxylation is 2. The van der Waals surface area contributed by atoms with E-state index in [1.165, 1.54) is 10.1 Å². The van der Waals surface area contributed by atoms with Crippen LogP contribution >= 0.6 is 0 Å². The molecule has 0 saturated carbocycles. The fourth-order valence-electron chi connectivity index (χ4n) is 3.64. The van der Waals surface area contributed by atoms with Crippen molar-refractivity contribution in [2.75, 3.05) is 13.6 Å². The first-order valence-corrected chi connectivity index (χ1v) is 10.8. The lowest BCUT2D eigenvalue weighted by Crippen LogP contribution is -2.41. The SMILES string of the molecule is CCCn1cnc2c1c(=O)n(CCC(C)(O)C#CCN(C)Cc1ccccc1)c(=O)n2C. The molecule has 0 amide bonds. The van der Waals surface area contributed by atoms with Gasteiger partial charge in [-0.15, -0.1) is 0 Å². The maximum Gasteiger partial charge on any atom is 0.332 e. The summed E-state index contributed by atoms with van der Waals surface area (Å²) >= 11 is 0. The van der Waals surface area contributed by atoms with Gasteiger partial charge in [-0.3, -0.25) is 18.8 Å². The number of benzene rings is 1. The summed E-state index contributed by atoms with van der Waals surface area (Å²) in [4.78, 5) is 32.0. The average molecular weight is 438 g/mol. The summed E-state index contributed by atoms with van der Waals surface area (Å²) in [7, 11) is 3.57. The van der Waals surface area contributed by atoms with Gasteiger partial charge in [-0.25, -0.2) is 9.78 Å². The van der Waals surface area contributed by atoms with Crippen molar-refractivity contribution in [3.63, 3.8) is 0 Å². The lowest BCUT2D eigenvalue weighted by Gasteiger charge is -2.18. The predicted octanol–water partition coefficient (Wildman–Crippen LogP) is 1.58. The zero-order valence-corrected chi connectivity index (χ0v) is 19.2. The molecule has 3 aromatic rings. The number of hydrogen-bond donors (Lipinski definition) is 1. The van der Waals surface area contributed by atoms with E-state index in [0.717, 1.165) is 17.5 Å². The Kier molecular flexibility index (Phi) is 7.33. The summed E-state index contributed by atoms with van der Waals surface area (Å²) in [6.45, 7) is 5.58. The molecular formula is C24H31N5O3. The topological polar surface area (TPSA) is 85.3 Å². The third-order valence-electron chi connectivity index (χ3n) is 5.39. The number of rotatable bonds is 8. The summed E-state index contributed by atoms with van der Waals surface area (Å²) in [6, 6.07) is 10.1. The van der Waals surface area contributed by atoms with Gasteiger partial charge in [-0.1, -0.05) is 49.1 Å². The molecule has 0 aliphatic carbocycles. The standard InChI is InChI=1S/C24H31N5O3/c1-5-14-28-18-25-21-20(28)22(30)29(23(31)27(21)4)16-13-24(2,32)12-9-15-26(3)17-19-10-7-6-8-11-19/h6-8,10-11,18,32H,5,13-17H2,1-4H3. The molecule has 170 valence electrons. The lowest BCUT2D eigenvalue weighted by molar-refractivity contribution is 0.106. The molecule has 0 aliphatic heterocycles. The van der Waals surface area contributed by atoms with Crippen molar-refractivity contribution < 1.29 is 5.11 Å². The molecule has 0 fully saturated rings. The van der Waals surface area contributed by atoms with E-state index < -0.39 is 11.3 Å². The van der Waals surface area contributed by atoms with E-state index in [0.29, 0.717) is 24.3 Å². The van der Waals surface area contributed by atoms with Crippen LogP contribution in [0.5, 0.6) is 0 Å². The molecule has 1 aromatic carbocycles. The quantitative estimate of drug-likeness (QED) is 0.541. The Morgan fingerprint density at radius 3 is 2.59 bits per heavy atom. The van der Waals surface area contributed by atoms with E-state index in [2.05, 4.69) is 33.9 Å². The lowest BCUT2D eigenvalue weighted by atomic mass is 10.0. The molecular weight excluding hydrogens is 406 g/mol. The van der Waals surface area contributed by atoms with Crippen LogP contribution in [-0.4, -0.2) is 47.9 Å². The normalized spacial score (nSPS) is 13.2. The maximum absolute atomic E-state index is 13.0. The van der Waals surface area contributed by atoms with Gasteiger partial charge in [-0.2, -0.15) is 0 Å². The van der Waals surface area contributed by atoms with Crippen LogP contribution in [0.2, 0.25) is 0 Å². The molecule has 8 heteroatoms. The van der Waals surface area contributed by atoms with Crippen LogP contribution in [0, 0.1) is 11.8 Å². The second kappa shape index (κ2) is 9.98. The molecule has 0 radical (unpaired) electrons. The van der Waals surface area contributed by atoms with Crippen LogP contribution in [0.1, 0.15) is 32.3 Å². The first-order valence-electron chi connectivity index (χ1n) is 10.8. The summed E-state index contributed by atoms with van der Waals surface area (Å²) in [5.74, 6) is 5.90. The number of fused-ring (bicyclic) bond motifs is 1. The molecule has 0 spiro atoms. The van der Waals surface area contributed by atoms with E-state index in [1.807, 2.05) is 32.2 Å². The Labute approximate surface area is 187 Å². The van der Waals surface area contributed by atoms with Gasteiger partial charge in [0.25, 0.3) is 5.56 Å².